The lowest BCUT2D eigenvalue weighted by molar-refractivity contribution is -0.161. The first-order valence-corrected chi connectivity index (χ1v) is 24.5. The van der Waals surface area contributed by atoms with Crippen LogP contribution in [0.3, 0.4) is 0 Å². The lowest BCUT2D eigenvalue weighted by Crippen LogP contribution is -2.34. The summed E-state index contributed by atoms with van der Waals surface area (Å²) in [5.41, 5.74) is 5.33. The van der Waals surface area contributed by atoms with Crippen LogP contribution in [-0.4, -0.2) is 71.1 Å². The Hall–Kier alpha value is -3.12. The van der Waals surface area contributed by atoms with Gasteiger partial charge in [-0.05, 0) is 96.8 Å². The number of hydrogen-bond acceptors (Lipinski definition) is 10. The van der Waals surface area contributed by atoms with Crippen molar-refractivity contribution in [1.29, 1.82) is 0 Å². The van der Waals surface area contributed by atoms with E-state index in [1.165, 1.54) is 57.8 Å². The summed E-state index contributed by atoms with van der Waals surface area (Å²) >= 11 is 0. The van der Waals surface area contributed by atoms with Crippen LogP contribution in [0, 0.1) is 0 Å². The van der Waals surface area contributed by atoms with Crippen molar-refractivity contribution in [2.75, 3.05) is 19.8 Å². The van der Waals surface area contributed by atoms with Crippen LogP contribution in [0.25, 0.3) is 0 Å². The molecule has 0 rings (SSSR count). The third kappa shape index (κ3) is 43.3. The number of carbonyl (C=O) groups is 3. The zero-order valence-electron chi connectivity index (χ0n) is 37.6. The van der Waals surface area contributed by atoms with E-state index >= 15 is 0 Å². The van der Waals surface area contributed by atoms with E-state index < -0.39 is 51.1 Å². The molecule has 61 heavy (non-hydrogen) atoms. The van der Waals surface area contributed by atoms with Crippen molar-refractivity contribution >= 4 is 25.7 Å². The Morgan fingerprint density at radius 2 is 1.00 bits per heavy atom. The summed E-state index contributed by atoms with van der Waals surface area (Å²) < 4.78 is 32.7. The fraction of sp³-hybridized carbons (Fsp3) is 0.688. The standard InChI is InChI=1S/C48H82NO11P/c1-3-4-5-6-7-8-9-10-11-12-13-14-17-20-23-26-29-32-35-38-46(51)57-40-44(41-58-61(55,56)59-42-45(49)48(53)54)60-47(52)39-36-33-30-27-24-21-18-15-16-19-22-25-28-31-34-37-43(2)50/h7-8,10-11,16,18-19,21,25,27-28,30,43-45,50H,3-6,9,12-15,17,20,22-24,26,29,31-42,49H2,1-2H3,(H,53,54)(H,55,56)/b8-7-,11-10-,19-16-,21-18-,28-25-,30-27-/t43-,44+,45-/m0/s1. The highest BCUT2D eigenvalue weighted by Gasteiger charge is 2.28. The highest BCUT2D eigenvalue weighted by Crippen LogP contribution is 2.43. The Labute approximate surface area is 368 Å². The van der Waals surface area contributed by atoms with Gasteiger partial charge in [-0.25, -0.2) is 4.57 Å². The number of phosphoric acid groups is 1. The Morgan fingerprint density at radius 1 is 0.574 bits per heavy atom. The number of allylic oxidation sites excluding steroid dienone is 12. The van der Waals surface area contributed by atoms with Gasteiger partial charge < -0.3 is 30.3 Å². The average molecular weight is 880 g/mol. The molecule has 0 spiro atoms. The predicted octanol–water partition coefficient (Wildman–Crippen LogP) is 11.5. The van der Waals surface area contributed by atoms with Gasteiger partial charge in [-0.2, -0.15) is 0 Å². The van der Waals surface area contributed by atoms with Gasteiger partial charge in [0.05, 0.1) is 19.3 Å². The van der Waals surface area contributed by atoms with Crippen LogP contribution in [0.1, 0.15) is 174 Å². The summed E-state index contributed by atoms with van der Waals surface area (Å²) in [6.45, 7) is 2.26. The molecule has 0 saturated carbocycles. The first-order chi connectivity index (χ1) is 29.5. The third-order valence-corrected chi connectivity index (χ3v) is 10.4. The van der Waals surface area contributed by atoms with Gasteiger partial charge in [0.15, 0.2) is 6.10 Å². The van der Waals surface area contributed by atoms with Crippen molar-refractivity contribution in [3.8, 4) is 0 Å². The molecule has 5 N–H and O–H groups in total. The molecule has 0 amide bonds. The average Bonchev–Trinajstić information content (AvgIpc) is 3.22. The summed E-state index contributed by atoms with van der Waals surface area (Å²) in [6.07, 6.45) is 48.1. The van der Waals surface area contributed by atoms with Crippen molar-refractivity contribution in [2.45, 2.75) is 193 Å². The number of carboxylic acids is 1. The molecular formula is C48H82NO11P. The number of aliphatic hydroxyl groups is 1. The Bertz CT molecular complexity index is 1320. The second kappa shape index (κ2) is 42.2. The molecule has 12 nitrogen and oxygen atoms in total. The zero-order valence-corrected chi connectivity index (χ0v) is 38.5. The second-order valence-electron chi connectivity index (χ2n) is 15.5. The van der Waals surface area contributed by atoms with Gasteiger partial charge in [0.25, 0.3) is 0 Å². The van der Waals surface area contributed by atoms with Crippen LogP contribution in [0.15, 0.2) is 72.9 Å². The van der Waals surface area contributed by atoms with E-state index in [4.69, 9.17) is 24.8 Å². The molecular weight excluding hydrogens is 797 g/mol. The predicted molar refractivity (Wildman–Crippen MR) is 246 cm³/mol. The van der Waals surface area contributed by atoms with Crippen molar-refractivity contribution in [3.63, 3.8) is 0 Å². The lowest BCUT2D eigenvalue weighted by Gasteiger charge is -2.20. The minimum Gasteiger partial charge on any atom is -0.480 e. The molecule has 0 aromatic carbocycles. The van der Waals surface area contributed by atoms with Crippen LogP contribution >= 0.6 is 7.82 Å². The molecule has 0 fully saturated rings. The molecule has 0 aliphatic heterocycles. The van der Waals surface area contributed by atoms with Crippen molar-refractivity contribution in [2.24, 2.45) is 5.73 Å². The van der Waals surface area contributed by atoms with Gasteiger partial charge in [-0.1, -0.05) is 138 Å². The summed E-state index contributed by atoms with van der Waals surface area (Å²) in [4.78, 5) is 46.0. The molecule has 0 aromatic rings. The van der Waals surface area contributed by atoms with Gasteiger partial charge in [0.2, 0.25) is 0 Å². The largest absolute Gasteiger partial charge is 0.480 e. The fourth-order valence-electron chi connectivity index (χ4n) is 5.81. The van der Waals surface area contributed by atoms with Gasteiger partial charge in [0, 0.05) is 12.8 Å². The first-order valence-electron chi connectivity index (χ1n) is 23.0. The molecule has 0 aromatic heterocycles. The van der Waals surface area contributed by atoms with Gasteiger partial charge in [0.1, 0.15) is 12.6 Å². The van der Waals surface area contributed by atoms with Crippen molar-refractivity contribution in [1.82, 2.24) is 0 Å². The van der Waals surface area contributed by atoms with Crippen LogP contribution in [0.5, 0.6) is 0 Å². The summed E-state index contributed by atoms with van der Waals surface area (Å²) in [7, 11) is -4.75. The first kappa shape index (κ1) is 57.9. The molecule has 1 unspecified atom stereocenters. The van der Waals surface area contributed by atoms with E-state index in [1.54, 1.807) is 0 Å². The fourth-order valence-corrected chi connectivity index (χ4v) is 6.59. The number of aliphatic hydroxyl groups excluding tert-OH is 1. The maximum Gasteiger partial charge on any atom is 0.472 e. The van der Waals surface area contributed by atoms with E-state index in [2.05, 4.69) is 72.2 Å². The molecule has 0 aliphatic rings. The molecule has 0 bridgehead atoms. The molecule has 0 saturated heterocycles. The number of esters is 2. The van der Waals surface area contributed by atoms with Crippen molar-refractivity contribution in [3.05, 3.63) is 72.9 Å². The number of aliphatic carboxylic acids is 1. The molecule has 4 atom stereocenters. The zero-order chi connectivity index (χ0) is 45.1. The van der Waals surface area contributed by atoms with Gasteiger partial charge in [-0.3, -0.25) is 23.4 Å². The van der Waals surface area contributed by atoms with E-state index in [1.807, 2.05) is 19.1 Å². The van der Waals surface area contributed by atoms with Crippen LogP contribution in [0.2, 0.25) is 0 Å². The molecule has 0 aliphatic carbocycles. The number of carbonyl (C=O) groups excluding carboxylic acids is 2. The van der Waals surface area contributed by atoms with Gasteiger partial charge in [-0.15, -0.1) is 0 Å². The SMILES string of the molecule is CCCCC/C=C\C/C=C\CCCCCCCCCCCC(=O)OC[C@H](COP(=O)(O)OC[C@H](N)C(=O)O)OC(=O)CCC/C=C\C/C=C\C/C=C\C/C=C\CCC[C@H](C)O. The molecule has 0 radical (unpaired) electrons. The van der Waals surface area contributed by atoms with Crippen LogP contribution in [-0.2, 0) is 37.5 Å². The minimum atomic E-state index is -4.75. The Morgan fingerprint density at radius 3 is 1.51 bits per heavy atom. The maximum atomic E-state index is 12.6. The number of nitrogens with two attached hydrogens (primary N) is 1. The van der Waals surface area contributed by atoms with E-state index in [0.29, 0.717) is 19.3 Å². The molecule has 0 heterocycles. The van der Waals surface area contributed by atoms with E-state index in [0.717, 1.165) is 70.6 Å². The minimum absolute atomic E-state index is 0.0693. The van der Waals surface area contributed by atoms with E-state index in [-0.39, 0.29) is 25.6 Å². The van der Waals surface area contributed by atoms with Crippen LogP contribution in [0.4, 0.5) is 0 Å². The van der Waals surface area contributed by atoms with Crippen molar-refractivity contribution < 1.29 is 52.6 Å². The number of ether oxygens (including phenoxy) is 2. The monoisotopic (exact) mass is 880 g/mol. The van der Waals surface area contributed by atoms with Gasteiger partial charge >= 0.3 is 25.7 Å². The normalized spacial score (nSPS) is 14.8. The smallest absolute Gasteiger partial charge is 0.472 e. The number of phosphoric ester groups is 1. The Balaban J connectivity index is 4.42. The molecule has 13 heteroatoms. The number of unbranched alkanes of at least 4 members (excludes halogenated alkanes) is 14. The highest BCUT2D eigenvalue weighted by molar-refractivity contribution is 7.47. The summed E-state index contributed by atoms with van der Waals surface area (Å²) in [5.74, 6) is -2.48. The second-order valence-corrected chi connectivity index (χ2v) is 16.9. The topological polar surface area (TPSA) is 192 Å². The maximum absolute atomic E-state index is 12.6. The summed E-state index contributed by atoms with van der Waals surface area (Å²) in [6, 6.07) is -1.54. The highest BCUT2D eigenvalue weighted by atomic mass is 31.2. The molecule has 350 valence electrons. The lowest BCUT2D eigenvalue weighted by atomic mass is 10.1. The Kier molecular flexibility index (Phi) is 40.0. The number of hydrogen-bond donors (Lipinski definition) is 4. The number of rotatable bonds is 42. The third-order valence-electron chi connectivity index (χ3n) is 9.45. The quantitative estimate of drug-likeness (QED) is 0.0197. The van der Waals surface area contributed by atoms with E-state index in [9.17, 15) is 28.9 Å². The number of carboxylic acid groups (broad SMARTS) is 1. The van der Waals surface area contributed by atoms with Crippen LogP contribution < -0.4 is 5.73 Å². The summed E-state index contributed by atoms with van der Waals surface area (Å²) in [5, 5.41) is 18.2.